The van der Waals surface area contributed by atoms with E-state index in [9.17, 15) is 0 Å². The maximum Gasteiger partial charge on any atom is 0.0958 e. The molecule has 0 amide bonds. The van der Waals surface area contributed by atoms with Gasteiger partial charge in [0.05, 0.1) is 28.4 Å². The molecule has 3 rings (SSSR count). The highest BCUT2D eigenvalue weighted by Crippen LogP contribution is 2.30. The number of imidazole rings is 1. The Morgan fingerprint density at radius 3 is 2.95 bits per heavy atom. The number of nitrogens with one attached hydrogen (secondary N) is 1. The standard InChI is InChI=1S/C14H14ClN3S/c1-16-12(14-10(15)6-7-19-14)8-18-9-17-11-4-2-3-5-13(11)18/h2-7,9,12,16H,8H2,1H3. The lowest BCUT2D eigenvalue weighted by atomic mass is 10.2. The van der Waals surface area contributed by atoms with Crippen molar-refractivity contribution in [3.8, 4) is 0 Å². The molecular weight excluding hydrogens is 278 g/mol. The molecule has 0 aliphatic rings. The number of fused-ring (bicyclic) bond motifs is 1. The highest BCUT2D eigenvalue weighted by atomic mass is 35.5. The van der Waals surface area contributed by atoms with E-state index in [0.29, 0.717) is 0 Å². The molecule has 5 heteroatoms. The first-order chi connectivity index (χ1) is 9.29. The Morgan fingerprint density at radius 2 is 2.21 bits per heavy atom. The lowest BCUT2D eigenvalue weighted by Crippen LogP contribution is -2.21. The van der Waals surface area contributed by atoms with E-state index in [4.69, 9.17) is 11.6 Å². The third-order valence-corrected chi connectivity index (χ3v) is 4.69. The molecule has 0 saturated heterocycles. The van der Waals surface area contributed by atoms with Gasteiger partial charge in [-0.15, -0.1) is 11.3 Å². The summed E-state index contributed by atoms with van der Waals surface area (Å²) in [5.41, 5.74) is 2.17. The Morgan fingerprint density at radius 1 is 1.37 bits per heavy atom. The molecule has 3 aromatic rings. The van der Waals surface area contributed by atoms with Gasteiger partial charge in [-0.2, -0.15) is 0 Å². The maximum atomic E-state index is 6.22. The average molecular weight is 292 g/mol. The van der Waals surface area contributed by atoms with E-state index < -0.39 is 0 Å². The molecule has 3 nitrogen and oxygen atoms in total. The zero-order chi connectivity index (χ0) is 13.2. The first kappa shape index (κ1) is 12.7. The largest absolute Gasteiger partial charge is 0.329 e. The van der Waals surface area contributed by atoms with Crippen molar-refractivity contribution in [1.29, 1.82) is 0 Å². The number of benzene rings is 1. The van der Waals surface area contributed by atoms with Crippen LogP contribution in [0.15, 0.2) is 42.0 Å². The van der Waals surface area contributed by atoms with Gasteiger partial charge in [-0.05, 0) is 30.6 Å². The van der Waals surface area contributed by atoms with Gasteiger partial charge in [0.15, 0.2) is 0 Å². The zero-order valence-corrected chi connectivity index (χ0v) is 12.1. The molecule has 1 aromatic carbocycles. The predicted molar refractivity (Wildman–Crippen MR) is 80.9 cm³/mol. The van der Waals surface area contributed by atoms with Gasteiger partial charge in [-0.1, -0.05) is 23.7 Å². The molecule has 2 heterocycles. The fourth-order valence-corrected chi connectivity index (χ4v) is 3.50. The molecule has 0 radical (unpaired) electrons. The lowest BCUT2D eigenvalue weighted by Gasteiger charge is -2.16. The minimum atomic E-state index is 0.199. The van der Waals surface area contributed by atoms with Gasteiger partial charge in [0.2, 0.25) is 0 Å². The van der Waals surface area contributed by atoms with Crippen LogP contribution >= 0.6 is 22.9 Å². The highest BCUT2D eigenvalue weighted by Gasteiger charge is 2.16. The highest BCUT2D eigenvalue weighted by molar-refractivity contribution is 7.10. The fraction of sp³-hybridized carbons (Fsp3) is 0.214. The topological polar surface area (TPSA) is 29.9 Å². The van der Waals surface area contributed by atoms with E-state index in [0.717, 1.165) is 22.6 Å². The number of para-hydroxylation sites is 2. The van der Waals surface area contributed by atoms with Crippen molar-refractivity contribution in [2.45, 2.75) is 12.6 Å². The Kier molecular flexibility index (Phi) is 3.55. The molecule has 1 atom stereocenters. The summed E-state index contributed by atoms with van der Waals surface area (Å²) in [6.07, 6.45) is 1.89. The summed E-state index contributed by atoms with van der Waals surface area (Å²) < 4.78 is 2.16. The Bertz CT molecular complexity index is 689. The molecule has 0 bridgehead atoms. The van der Waals surface area contributed by atoms with E-state index in [1.54, 1.807) is 11.3 Å². The third kappa shape index (κ3) is 2.39. The van der Waals surface area contributed by atoms with Crippen molar-refractivity contribution in [1.82, 2.24) is 14.9 Å². The van der Waals surface area contributed by atoms with E-state index >= 15 is 0 Å². The van der Waals surface area contributed by atoms with Crippen LogP contribution in [0.2, 0.25) is 5.02 Å². The number of nitrogens with zero attached hydrogens (tertiary/aromatic N) is 2. The number of hydrogen-bond donors (Lipinski definition) is 1. The summed E-state index contributed by atoms with van der Waals surface area (Å²) in [4.78, 5) is 5.58. The number of rotatable bonds is 4. The molecule has 0 spiro atoms. The molecule has 0 aliphatic carbocycles. The molecule has 2 aromatic heterocycles. The fourth-order valence-electron chi connectivity index (χ4n) is 2.21. The predicted octanol–water partition coefficient (Wildman–Crippen LogP) is 3.71. The van der Waals surface area contributed by atoms with Gasteiger partial charge in [0.25, 0.3) is 0 Å². The maximum absolute atomic E-state index is 6.22. The molecule has 0 fully saturated rings. The van der Waals surface area contributed by atoms with Crippen LogP contribution in [0.3, 0.4) is 0 Å². The van der Waals surface area contributed by atoms with Crippen LogP contribution in [-0.4, -0.2) is 16.6 Å². The van der Waals surface area contributed by atoms with E-state index in [-0.39, 0.29) is 6.04 Å². The van der Waals surface area contributed by atoms with Crippen LogP contribution in [0.4, 0.5) is 0 Å². The van der Waals surface area contributed by atoms with Gasteiger partial charge in [-0.25, -0.2) is 4.98 Å². The molecule has 1 N–H and O–H groups in total. The SMILES string of the molecule is CNC(Cn1cnc2ccccc21)c1sccc1Cl. The van der Waals surface area contributed by atoms with Crippen molar-refractivity contribution in [2.24, 2.45) is 0 Å². The number of halogens is 1. The van der Waals surface area contributed by atoms with E-state index in [1.807, 2.05) is 43.0 Å². The normalized spacial score (nSPS) is 12.9. The molecule has 0 saturated carbocycles. The van der Waals surface area contributed by atoms with Crippen LogP contribution in [0.25, 0.3) is 11.0 Å². The average Bonchev–Trinajstić information content (AvgIpc) is 3.03. The molecule has 19 heavy (non-hydrogen) atoms. The van der Waals surface area contributed by atoms with E-state index in [1.165, 1.54) is 4.88 Å². The van der Waals surface area contributed by atoms with Crippen LogP contribution < -0.4 is 5.32 Å². The Labute approximate surface area is 120 Å². The smallest absolute Gasteiger partial charge is 0.0958 e. The third-order valence-electron chi connectivity index (χ3n) is 3.22. The van der Waals surface area contributed by atoms with E-state index in [2.05, 4.69) is 20.9 Å². The van der Waals surface area contributed by atoms with Crippen molar-refractivity contribution in [3.05, 3.63) is 51.9 Å². The first-order valence-electron chi connectivity index (χ1n) is 6.09. The summed E-state index contributed by atoms with van der Waals surface area (Å²) in [6, 6.07) is 10.3. The number of thiophene rings is 1. The van der Waals surface area contributed by atoms with Crippen LogP contribution in [0, 0.1) is 0 Å². The van der Waals surface area contributed by atoms with Crippen molar-refractivity contribution < 1.29 is 0 Å². The Balaban J connectivity index is 1.93. The van der Waals surface area contributed by atoms with Gasteiger partial charge in [-0.3, -0.25) is 0 Å². The van der Waals surface area contributed by atoms with Crippen molar-refractivity contribution in [2.75, 3.05) is 7.05 Å². The van der Waals surface area contributed by atoms with Crippen LogP contribution in [0.5, 0.6) is 0 Å². The van der Waals surface area contributed by atoms with Crippen LogP contribution in [-0.2, 0) is 6.54 Å². The molecular formula is C14H14ClN3S. The lowest BCUT2D eigenvalue weighted by molar-refractivity contribution is 0.515. The molecule has 1 unspecified atom stereocenters. The van der Waals surface area contributed by atoms with Crippen LogP contribution in [0.1, 0.15) is 10.9 Å². The van der Waals surface area contributed by atoms with Gasteiger partial charge in [0.1, 0.15) is 0 Å². The number of likely N-dealkylation sites (N-methyl/N-ethyl adjacent to an activating group) is 1. The minimum absolute atomic E-state index is 0.199. The summed E-state index contributed by atoms with van der Waals surface area (Å²) in [5, 5.41) is 6.18. The molecule has 0 aliphatic heterocycles. The van der Waals surface area contributed by atoms with Crippen molar-refractivity contribution in [3.63, 3.8) is 0 Å². The Hall–Kier alpha value is -1.36. The van der Waals surface area contributed by atoms with Crippen molar-refractivity contribution >= 4 is 34.0 Å². The summed E-state index contributed by atoms with van der Waals surface area (Å²) in [6.45, 7) is 0.817. The van der Waals surface area contributed by atoms with Gasteiger partial charge >= 0.3 is 0 Å². The first-order valence-corrected chi connectivity index (χ1v) is 7.35. The second-order valence-corrected chi connectivity index (χ2v) is 5.71. The summed E-state index contributed by atoms with van der Waals surface area (Å²) in [7, 11) is 1.96. The monoisotopic (exact) mass is 291 g/mol. The second-order valence-electron chi connectivity index (χ2n) is 4.36. The zero-order valence-electron chi connectivity index (χ0n) is 10.5. The molecule has 98 valence electrons. The summed E-state index contributed by atoms with van der Waals surface area (Å²) in [5.74, 6) is 0. The van der Waals surface area contributed by atoms with Gasteiger partial charge in [0, 0.05) is 11.4 Å². The quantitative estimate of drug-likeness (QED) is 0.794. The minimum Gasteiger partial charge on any atom is -0.329 e. The summed E-state index contributed by atoms with van der Waals surface area (Å²) >= 11 is 7.90. The number of aromatic nitrogens is 2. The second kappa shape index (κ2) is 5.33. The number of hydrogen-bond acceptors (Lipinski definition) is 3. The van der Waals surface area contributed by atoms with Gasteiger partial charge < -0.3 is 9.88 Å².